The zero-order valence-corrected chi connectivity index (χ0v) is 19.1. The number of anilines is 1. The third-order valence-electron chi connectivity index (χ3n) is 5.81. The highest BCUT2D eigenvalue weighted by atomic mass is 35.5. The average molecular weight is 483 g/mol. The van der Waals surface area contributed by atoms with E-state index in [0.29, 0.717) is 45.0 Å². The fraction of sp³-hybridized carbons (Fsp3) is 0.450. The van der Waals surface area contributed by atoms with Crippen LogP contribution >= 0.6 is 11.6 Å². The fourth-order valence-corrected chi connectivity index (χ4v) is 5.96. The van der Waals surface area contributed by atoms with Crippen molar-refractivity contribution in [3.05, 3.63) is 50.9 Å². The number of carbonyl (C=O) groups excluding carboxylic acids is 1. The van der Waals surface area contributed by atoms with Crippen LogP contribution in [0.15, 0.2) is 33.6 Å². The maximum Gasteiger partial charge on any atom is 0.294 e. The predicted octanol–water partition coefficient (Wildman–Crippen LogP) is 2.90. The van der Waals surface area contributed by atoms with Gasteiger partial charge in [-0.25, -0.2) is 8.42 Å². The van der Waals surface area contributed by atoms with Gasteiger partial charge in [0.2, 0.25) is 10.0 Å². The van der Waals surface area contributed by atoms with Crippen molar-refractivity contribution in [1.82, 2.24) is 9.21 Å². The molecule has 2 aliphatic rings. The van der Waals surface area contributed by atoms with Crippen molar-refractivity contribution in [2.75, 3.05) is 44.2 Å². The highest BCUT2D eigenvalue weighted by Crippen LogP contribution is 2.32. The second kappa shape index (κ2) is 8.72. The number of piperazine rings is 1. The van der Waals surface area contributed by atoms with Crippen molar-refractivity contribution >= 4 is 38.9 Å². The molecule has 2 saturated heterocycles. The molecule has 1 aromatic heterocycles. The Labute approximate surface area is 190 Å². The topological polar surface area (TPSA) is 117 Å². The molecule has 0 bridgehead atoms. The van der Waals surface area contributed by atoms with Gasteiger partial charge < -0.3 is 14.2 Å². The number of nitro benzene ring substituents is 1. The highest BCUT2D eigenvalue weighted by Gasteiger charge is 2.33. The first-order valence-corrected chi connectivity index (χ1v) is 12.1. The van der Waals surface area contributed by atoms with Crippen LogP contribution in [0.3, 0.4) is 0 Å². The summed E-state index contributed by atoms with van der Waals surface area (Å²) >= 11 is 5.89. The Morgan fingerprint density at radius 1 is 1.09 bits per heavy atom. The lowest BCUT2D eigenvalue weighted by molar-refractivity contribution is -0.384. The number of nitro groups is 1. The van der Waals surface area contributed by atoms with Crippen LogP contribution < -0.4 is 4.90 Å². The second-order valence-corrected chi connectivity index (χ2v) is 10.2. The van der Waals surface area contributed by atoms with Gasteiger partial charge in [-0.05, 0) is 31.9 Å². The zero-order valence-electron chi connectivity index (χ0n) is 17.5. The highest BCUT2D eigenvalue weighted by molar-refractivity contribution is 7.89. The molecule has 172 valence electrons. The second-order valence-electron chi connectivity index (χ2n) is 7.81. The Hall–Kier alpha value is -2.63. The van der Waals surface area contributed by atoms with E-state index in [1.807, 2.05) is 4.90 Å². The molecule has 0 unspecified atom stereocenters. The molecule has 0 radical (unpaired) electrons. The lowest BCUT2D eigenvalue weighted by Crippen LogP contribution is -2.48. The summed E-state index contributed by atoms with van der Waals surface area (Å²) in [7, 11) is -3.69. The first kappa shape index (κ1) is 22.6. The van der Waals surface area contributed by atoms with Gasteiger partial charge in [0.25, 0.3) is 11.6 Å². The summed E-state index contributed by atoms with van der Waals surface area (Å²) in [4.78, 5) is 27.3. The van der Waals surface area contributed by atoms with E-state index in [1.165, 1.54) is 23.4 Å². The van der Waals surface area contributed by atoms with Gasteiger partial charge in [-0.1, -0.05) is 11.6 Å². The maximum absolute atomic E-state index is 13.0. The normalized spacial score (nSPS) is 17.7. The molecule has 1 aromatic carbocycles. The molecule has 0 spiro atoms. The van der Waals surface area contributed by atoms with E-state index >= 15 is 0 Å². The lowest BCUT2D eigenvalue weighted by atomic mass is 10.2. The summed E-state index contributed by atoms with van der Waals surface area (Å²) in [6, 6.07) is 5.81. The molecule has 10 nitrogen and oxygen atoms in total. The zero-order chi connectivity index (χ0) is 23.0. The average Bonchev–Trinajstić information content (AvgIpc) is 3.44. The molecule has 0 aliphatic carbocycles. The number of furan rings is 1. The minimum absolute atomic E-state index is 0.0220. The molecule has 0 atom stereocenters. The van der Waals surface area contributed by atoms with E-state index < -0.39 is 20.9 Å². The molecule has 0 saturated carbocycles. The van der Waals surface area contributed by atoms with Crippen LogP contribution in [0.25, 0.3) is 0 Å². The van der Waals surface area contributed by atoms with Crippen LogP contribution in [0.4, 0.5) is 11.4 Å². The quantitative estimate of drug-likeness (QED) is 0.475. The number of hydrogen-bond donors (Lipinski definition) is 0. The monoisotopic (exact) mass is 482 g/mol. The Balaban J connectivity index is 1.47. The molecular formula is C20H23ClN4O6S. The van der Waals surface area contributed by atoms with Crippen molar-refractivity contribution < 1.29 is 22.6 Å². The third kappa shape index (κ3) is 4.19. The summed E-state index contributed by atoms with van der Waals surface area (Å²) in [5.41, 5.74) is 0.357. The van der Waals surface area contributed by atoms with Crippen LogP contribution in [0, 0.1) is 17.0 Å². The van der Waals surface area contributed by atoms with E-state index in [0.717, 1.165) is 12.8 Å². The van der Waals surface area contributed by atoms with Gasteiger partial charge in [0.05, 0.1) is 4.92 Å². The molecule has 3 heterocycles. The summed E-state index contributed by atoms with van der Waals surface area (Å²) < 4.78 is 32.6. The van der Waals surface area contributed by atoms with Crippen molar-refractivity contribution in [1.29, 1.82) is 0 Å². The Morgan fingerprint density at radius 3 is 2.38 bits per heavy atom. The number of sulfonamides is 1. The van der Waals surface area contributed by atoms with E-state index in [9.17, 15) is 23.3 Å². The molecular weight excluding hydrogens is 460 g/mol. The number of amides is 1. The van der Waals surface area contributed by atoms with Crippen LogP contribution in [0.2, 0.25) is 5.02 Å². The third-order valence-corrected chi connectivity index (χ3v) is 8.05. The maximum atomic E-state index is 13.0. The molecule has 2 aliphatic heterocycles. The summed E-state index contributed by atoms with van der Waals surface area (Å²) in [6.45, 7) is 3.86. The predicted molar refractivity (Wildman–Crippen MR) is 118 cm³/mol. The number of hydrogen-bond acceptors (Lipinski definition) is 7. The Bertz CT molecular complexity index is 1150. The van der Waals surface area contributed by atoms with Crippen molar-refractivity contribution in [3.63, 3.8) is 0 Å². The van der Waals surface area contributed by atoms with Crippen LogP contribution in [-0.2, 0) is 10.0 Å². The molecule has 2 fully saturated rings. The van der Waals surface area contributed by atoms with Gasteiger partial charge in [0.15, 0.2) is 5.76 Å². The van der Waals surface area contributed by atoms with Gasteiger partial charge in [-0.15, -0.1) is 0 Å². The molecule has 4 rings (SSSR count). The molecule has 32 heavy (non-hydrogen) atoms. The first-order chi connectivity index (χ1) is 15.2. The summed E-state index contributed by atoms with van der Waals surface area (Å²) in [5, 5.41) is 11.7. The van der Waals surface area contributed by atoms with Crippen LogP contribution in [-0.4, -0.2) is 67.7 Å². The van der Waals surface area contributed by atoms with E-state index in [-0.39, 0.29) is 27.1 Å². The summed E-state index contributed by atoms with van der Waals surface area (Å²) in [6.07, 6.45) is 1.63. The minimum atomic E-state index is -3.69. The molecule has 0 N–H and O–H groups in total. The van der Waals surface area contributed by atoms with Crippen LogP contribution in [0.5, 0.6) is 0 Å². The Kier molecular flexibility index (Phi) is 6.15. The number of halogens is 1. The van der Waals surface area contributed by atoms with Crippen molar-refractivity contribution in [2.24, 2.45) is 0 Å². The molecule has 1 amide bonds. The van der Waals surface area contributed by atoms with Crippen LogP contribution in [0.1, 0.15) is 29.2 Å². The summed E-state index contributed by atoms with van der Waals surface area (Å²) in [5.74, 6) is -0.233. The SMILES string of the molecule is Cc1oc(C(=O)N2CCN(c3ccc(Cl)cc3[N+](=O)[O-])CC2)cc1S(=O)(=O)N1CCCC1. The number of rotatable bonds is 5. The number of carbonyl (C=O) groups is 1. The smallest absolute Gasteiger partial charge is 0.294 e. The number of nitrogens with zero attached hydrogens (tertiary/aromatic N) is 4. The largest absolute Gasteiger partial charge is 0.455 e. The molecule has 12 heteroatoms. The van der Waals surface area contributed by atoms with E-state index in [4.69, 9.17) is 16.0 Å². The number of aryl methyl sites for hydroxylation is 1. The molecule has 2 aromatic rings. The fourth-order valence-electron chi connectivity index (χ4n) is 4.11. The standard InChI is InChI=1S/C20H23ClN4O6S/c1-14-19(32(29,30)24-6-2-3-7-24)13-18(31-14)20(26)23-10-8-22(9-11-23)16-5-4-15(21)12-17(16)25(27)28/h4-5,12-13H,2-3,6-11H2,1H3. The first-order valence-electron chi connectivity index (χ1n) is 10.3. The van der Waals surface area contributed by atoms with Crippen molar-refractivity contribution in [3.8, 4) is 0 Å². The van der Waals surface area contributed by atoms with E-state index in [2.05, 4.69) is 0 Å². The number of benzene rings is 1. The minimum Gasteiger partial charge on any atom is -0.455 e. The van der Waals surface area contributed by atoms with Gasteiger partial charge in [0.1, 0.15) is 16.3 Å². The van der Waals surface area contributed by atoms with Gasteiger partial charge in [0, 0.05) is 56.4 Å². The Morgan fingerprint density at radius 2 is 1.75 bits per heavy atom. The van der Waals surface area contributed by atoms with Gasteiger partial charge >= 0.3 is 0 Å². The van der Waals surface area contributed by atoms with Crippen molar-refractivity contribution in [2.45, 2.75) is 24.7 Å². The van der Waals surface area contributed by atoms with Gasteiger partial charge in [-0.2, -0.15) is 4.31 Å². The van der Waals surface area contributed by atoms with E-state index in [1.54, 1.807) is 17.0 Å². The van der Waals surface area contributed by atoms with Gasteiger partial charge in [-0.3, -0.25) is 14.9 Å². The lowest BCUT2D eigenvalue weighted by Gasteiger charge is -2.35.